The predicted molar refractivity (Wildman–Crippen MR) is 315 cm³/mol. The number of carbonyl (C=O) groups is 7. The Bertz CT molecular complexity index is 3630. The minimum atomic E-state index is -1.28. The fourth-order valence-corrected chi connectivity index (χ4v) is 14.8. The molecule has 1 fully saturated rings. The minimum Gasteiger partial charge on any atom is -0.481 e. The number of rotatable bonds is 11. The summed E-state index contributed by atoms with van der Waals surface area (Å²) in [5.74, 6) is -4.30. The summed E-state index contributed by atoms with van der Waals surface area (Å²) in [5, 5.41) is 46.4. The second kappa shape index (κ2) is 25.6. The molecule has 8 N–H and O–H groups in total. The van der Waals surface area contributed by atoms with E-state index >= 15 is 0 Å². The number of thioether (sulfide) groups is 1. The van der Waals surface area contributed by atoms with Crippen LogP contribution in [0.25, 0.3) is 43.4 Å². The van der Waals surface area contributed by atoms with Crippen LogP contribution in [0.5, 0.6) is 0 Å². The van der Waals surface area contributed by atoms with Crippen LogP contribution >= 0.6 is 68.4 Å². The molecule has 30 heteroatoms. The molecule has 0 radical (unpaired) electrons. The summed E-state index contributed by atoms with van der Waals surface area (Å²) in [6.07, 6.45) is -2.37. The number of carboxylic acids is 1. The van der Waals surface area contributed by atoms with E-state index < -0.39 is 95.7 Å². The number of aliphatic hydroxyl groups is 1. The van der Waals surface area contributed by atoms with Gasteiger partial charge in [-0.1, -0.05) is 44.2 Å². The number of hydrogen-bond acceptors (Lipinski definition) is 23. The lowest BCUT2D eigenvalue weighted by molar-refractivity contribution is -0.148. The Hall–Kier alpha value is -7.45. The van der Waals surface area contributed by atoms with Crippen molar-refractivity contribution in [2.75, 3.05) is 32.6 Å². The molecule has 432 valence electrons. The number of fused-ring (bicyclic) bond motifs is 13. The standard InChI is InChI=1S/C53H53N13O11S6/c1-22(2)37-51-66-40(33(83-51)17-76-5)44(71)55-16-36(68)63-41(42(69)24-9-7-6-8-10-24)50-60-32(20-80-50)48-58-30(18-79-48)39-27(11-12-28(56-39)47-61-34(21-81-47)62-53(75)77-26-13-25(14-26)52(73)74)46-59-31(19-78-46)43(70)57-29(15-35(67)54-4)49-65-38(23(3)82-49)45(72)64-37/h6-12,18-22,25-26,29,33,37,40-42,69H,13-17H2,1-5H3,(H,54,67)(H,55,71)(H,57,70)(H,62,75)(H,63,68)(H,64,72)(H,73,74)/t25?,26?,29-,33?,37-,40?,41-,42-/m0/s1. The van der Waals surface area contributed by atoms with E-state index in [1.807, 2.05) is 13.8 Å². The van der Waals surface area contributed by atoms with Crippen LogP contribution in [-0.2, 0) is 28.7 Å². The molecule has 3 aliphatic rings. The van der Waals surface area contributed by atoms with Crippen LogP contribution in [0.1, 0.15) is 92.7 Å². The second-order valence-electron chi connectivity index (χ2n) is 19.6. The lowest BCUT2D eigenvalue weighted by atomic mass is 9.82. The fraction of sp³-hybridized carbons (Fsp3) is 0.358. The summed E-state index contributed by atoms with van der Waals surface area (Å²) in [6.45, 7) is 5.13. The number of aromatic nitrogens is 6. The highest BCUT2D eigenvalue weighted by Crippen LogP contribution is 2.40. The molecule has 2 unspecified atom stereocenters. The Morgan fingerprint density at radius 1 is 0.771 bits per heavy atom. The Labute approximate surface area is 497 Å². The molecular formula is C53H53N13O11S6. The molecule has 1 aliphatic carbocycles. The van der Waals surface area contributed by atoms with Crippen LogP contribution in [0.2, 0.25) is 0 Å². The average Bonchev–Trinajstić information content (AvgIpc) is 4.45. The first kappa shape index (κ1) is 58.7. The highest BCUT2D eigenvalue weighted by molar-refractivity contribution is 8.15. The Morgan fingerprint density at radius 3 is 2.24 bits per heavy atom. The van der Waals surface area contributed by atoms with Crippen molar-refractivity contribution in [3.05, 3.63) is 95.8 Å². The summed E-state index contributed by atoms with van der Waals surface area (Å²) < 4.78 is 10.9. The van der Waals surface area contributed by atoms with Crippen molar-refractivity contribution in [2.45, 2.75) is 81.7 Å². The number of carbonyl (C=O) groups excluding carboxylic acids is 6. The minimum absolute atomic E-state index is 0.0155. The third-order valence-corrected chi connectivity index (χ3v) is 19.4. The normalized spacial score (nSPS) is 21.5. The molecule has 1 aromatic carbocycles. The van der Waals surface area contributed by atoms with E-state index in [0.717, 1.165) is 22.7 Å². The number of amides is 6. The molecule has 6 amide bonds. The number of thiazole rings is 5. The van der Waals surface area contributed by atoms with Gasteiger partial charge in [-0.05, 0) is 43.4 Å². The first-order valence-corrected chi connectivity index (χ1v) is 31.0. The molecule has 1 saturated carbocycles. The van der Waals surface area contributed by atoms with Gasteiger partial charge in [0.15, 0.2) is 0 Å². The maximum absolute atomic E-state index is 14.3. The molecule has 0 spiro atoms. The van der Waals surface area contributed by atoms with Gasteiger partial charge >= 0.3 is 12.1 Å². The van der Waals surface area contributed by atoms with E-state index in [1.165, 1.54) is 59.9 Å². The molecule has 0 saturated heterocycles. The summed E-state index contributed by atoms with van der Waals surface area (Å²) in [4.78, 5) is 128. The van der Waals surface area contributed by atoms with Gasteiger partial charge in [-0.25, -0.2) is 34.7 Å². The number of hydrogen-bond donors (Lipinski definition) is 8. The first-order chi connectivity index (χ1) is 39.9. The number of aryl methyl sites for hydroxylation is 1. The van der Waals surface area contributed by atoms with E-state index in [4.69, 9.17) is 39.4 Å². The van der Waals surface area contributed by atoms with E-state index in [1.54, 1.807) is 70.9 Å². The lowest BCUT2D eigenvalue weighted by Crippen LogP contribution is -2.45. The van der Waals surface area contributed by atoms with E-state index in [2.05, 4.69) is 36.9 Å². The van der Waals surface area contributed by atoms with Gasteiger partial charge in [0.25, 0.3) is 11.8 Å². The fourth-order valence-electron chi connectivity index (χ4n) is 9.05. The number of nitrogens with zero attached hydrogens (tertiary/aromatic N) is 7. The van der Waals surface area contributed by atoms with E-state index in [0.29, 0.717) is 63.9 Å². The van der Waals surface area contributed by atoms with Crippen molar-refractivity contribution in [3.8, 4) is 43.4 Å². The van der Waals surface area contributed by atoms with Crippen LogP contribution in [0.4, 0.5) is 10.6 Å². The number of benzene rings is 1. The van der Waals surface area contributed by atoms with Crippen LogP contribution < -0.4 is 31.9 Å². The summed E-state index contributed by atoms with van der Waals surface area (Å²) in [7, 11) is 2.97. The number of nitrogens with one attached hydrogen (secondary N) is 6. The number of aliphatic imine (C=N–C) groups is 1. The van der Waals surface area contributed by atoms with Crippen molar-refractivity contribution < 1.29 is 53.2 Å². The van der Waals surface area contributed by atoms with Crippen LogP contribution in [0, 0.1) is 18.8 Å². The molecule has 2 aliphatic heterocycles. The van der Waals surface area contributed by atoms with Crippen molar-refractivity contribution in [2.24, 2.45) is 16.8 Å². The molecule has 10 rings (SSSR count). The topological polar surface area (TPSA) is 340 Å². The number of aliphatic carboxylic acids is 1. The molecular weight excluding hydrogens is 1190 g/mol. The van der Waals surface area contributed by atoms with Gasteiger partial charge in [-0.3, -0.25) is 39.1 Å². The molecule has 24 nitrogen and oxygen atoms in total. The van der Waals surface area contributed by atoms with Crippen molar-refractivity contribution >= 4 is 121 Å². The van der Waals surface area contributed by atoms with Gasteiger partial charge in [0.1, 0.15) is 83.6 Å². The smallest absolute Gasteiger partial charge is 0.413 e. The average molecular weight is 1240 g/mol. The zero-order chi connectivity index (χ0) is 58.6. The van der Waals surface area contributed by atoms with Crippen LogP contribution in [0.15, 0.2) is 69.0 Å². The molecule has 10 bridgehead atoms. The summed E-state index contributed by atoms with van der Waals surface area (Å²) >= 11 is 7.22. The number of pyridine rings is 1. The van der Waals surface area contributed by atoms with Gasteiger partial charge in [0.05, 0.1) is 53.6 Å². The number of aliphatic hydroxyl groups excluding tert-OH is 1. The van der Waals surface area contributed by atoms with Gasteiger partial charge in [0.2, 0.25) is 17.7 Å². The van der Waals surface area contributed by atoms with E-state index in [-0.39, 0.29) is 54.0 Å². The third kappa shape index (κ3) is 13.3. The highest BCUT2D eigenvalue weighted by atomic mass is 32.2. The monoisotopic (exact) mass is 1240 g/mol. The van der Waals surface area contributed by atoms with Crippen molar-refractivity contribution in [1.82, 2.24) is 56.5 Å². The number of anilines is 1. The first-order valence-electron chi connectivity index (χ1n) is 25.8. The summed E-state index contributed by atoms with van der Waals surface area (Å²) in [5.41, 5.74) is 2.61. The molecule has 8 heterocycles. The Balaban J connectivity index is 1.02. The molecule has 6 atom stereocenters. The molecule has 83 heavy (non-hydrogen) atoms. The van der Waals surface area contributed by atoms with Crippen molar-refractivity contribution in [1.29, 1.82) is 0 Å². The lowest BCUT2D eigenvalue weighted by Gasteiger charge is -2.31. The maximum atomic E-state index is 14.3. The van der Waals surface area contributed by atoms with Gasteiger partial charge in [-0.2, -0.15) is 0 Å². The Kier molecular flexibility index (Phi) is 18.1. The number of carboxylic acid groups (broad SMARTS) is 1. The van der Waals surface area contributed by atoms with Gasteiger partial charge in [-0.15, -0.1) is 68.4 Å². The molecule has 6 aromatic heterocycles. The highest BCUT2D eigenvalue weighted by Gasteiger charge is 2.41. The summed E-state index contributed by atoms with van der Waals surface area (Å²) in [6, 6.07) is 8.46. The SMILES string of the molecule is CNC(=O)C[C@@H]1NC(=O)c2csc(n2)-c2ccc(-c3nc(NC(=O)OC4CC(C(=O)O)C4)cs3)nc2-c2csc(n2)-c2csc(n2)[C@H]([C@@H](O)c2ccccc2)NC(=O)CNC(=O)C2N=C(SC2COC)[C@H](C(C)C)NC(=O)c2nc1sc2C. The Morgan fingerprint density at radius 2 is 1.49 bits per heavy atom. The predicted octanol–water partition coefficient (Wildman–Crippen LogP) is 6.66. The van der Waals surface area contributed by atoms with Crippen LogP contribution in [-0.4, -0.2) is 138 Å². The largest absolute Gasteiger partial charge is 0.481 e. The number of ether oxygens (including phenoxy) is 2. The van der Waals surface area contributed by atoms with Crippen LogP contribution in [0.3, 0.4) is 0 Å². The van der Waals surface area contributed by atoms with E-state index in [9.17, 15) is 43.8 Å². The maximum Gasteiger partial charge on any atom is 0.413 e. The van der Waals surface area contributed by atoms with Crippen molar-refractivity contribution in [3.63, 3.8) is 0 Å². The quantitative estimate of drug-likeness (QED) is 0.0671. The number of methoxy groups -OCH3 is 1. The van der Waals surface area contributed by atoms with Gasteiger partial charge in [0, 0.05) is 46.1 Å². The second-order valence-corrected chi connectivity index (χ2v) is 25.6. The zero-order valence-electron chi connectivity index (χ0n) is 44.7. The van der Waals surface area contributed by atoms with Gasteiger partial charge < -0.3 is 46.3 Å². The third-order valence-electron chi connectivity index (χ3n) is 13.5. The zero-order valence-corrected chi connectivity index (χ0v) is 49.6. The molecule has 7 aromatic rings.